The van der Waals surface area contributed by atoms with Gasteiger partial charge in [0.15, 0.2) is 5.76 Å². The van der Waals surface area contributed by atoms with Gasteiger partial charge in [-0.05, 0) is 54.0 Å². The minimum atomic E-state index is -0.549. The van der Waals surface area contributed by atoms with Gasteiger partial charge in [0.2, 0.25) is 0 Å². The third kappa shape index (κ3) is 4.56. The van der Waals surface area contributed by atoms with Crippen LogP contribution in [0, 0.1) is 0 Å². The molecule has 7 heteroatoms. The summed E-state index contributed by atoms with van der Waals surface area (Å²) in [6.07, 6.45) is 5.74. The molecule has 0 bridgehead atoms. The number of halogens is 3. The molecular formula is C28H24ClF2NO3. The van der Waals surface area contributed by atoms with E-state index in [1.807, 2.05) is 18.2 Å². The first kappa shape index (κ1) is 23.5. The van der Waals surface area contributed by atoms with Crippen LogP contribution in [0.2, 0.25) is 5.02 Å². The highest BCUT2D eigenvalue weighted by atomic mass is 35.5. The van der Waals surface area contributed by atoms with Crippen molar-refractivity contribution >= 4 is 28.8 Å². The Morgan fingerprint density at radius 3 is 2.57 bits per heavy atom. The molecule has 1 fully saturated rings. The molecule has 5 rings (SSSR count). The van der Waals surface area contributed by atoms with Gasteiger partial charge in [-0.25, -0.2) is 8.78 Å². The predicted molar refractivity (Wildman–Crippen MR) is 133 cm³/mol. The van der Waals surface area contributed by atoms with Crippen molar-refractivity contribution in [1.82, 2.24) is 0 Å². The van der Waals surface area contributed by atoms with Crippen LogP contribution in [0.5, 0.6) is 0 Å². The van der Waals surface area contributed by atoms with Crippen molar-refractivity contribution in [3.63, 3.8) is 0 Å². The molecule has 0 radical (unpaired) electrons. The van der Waals surface area contributed by atoms with Gasteiger partial charge in [0.1, 0.15) is 11.7 Å². The number of benzene rings is 2. The molecule has 2 aromatic rings. The number of carbonyl (C=O) groups excluding carboxylic acids is 1. The quantitative estimate of drug-likeness (QED) is 0.440. The first-order chi connectivity index (χ1) is 16.8. The number of nitrogens with one attached hydrogen (secondary N) is 1. The maximum absolute atomic E-state index is 14.3. The molecule has 2 N–H and O–H groups in total. The first-order valence-electron chi connectivity index (χ1n) is 11.5. The summed E-state index contributed by atoms with van der Waals surface area (Å²) in [4.78, 5) is 12.6. The molecule has 1 aliphatic heterocycles. The van der Waals surface area contributed by atoms with Gasteiger partial charge in [0, 0.05) is 29.2 Å². The van der Waals surface area contributed by atoms with Crippen molar-refractivity contribution in [2.75, 3.05) is 12.4 Å². The van der Waals surface area contributed by atoms with E-state index in [2.05, 4.69) is 17.4 Å². The second kappa shape index (κ2) is 9.44. The van der Waals surface area contributed by atoms with Crippen molar-refractivity contribution < 1.29 is 23.4 Å². The Balaban J connectivity index is 1.39. The summed E-state index contributed by atoms with van der Waals surface area (Å²) in [5, 5.41) is 12.9. The normalized spacial score (nSPS) is 23.8. The predicted octanol–water partition coefficient (Wildman–Crippen LogP) is 6.98. The summed E-state index contributed by atoms with van der Waals surface area (Å²) in [7, 11) is 1.29. The van der Waals surface area contributed by atoms with Crippen molar-refractivity contribution in [3.8, 4) is 11.1 Å². The van der Waals surface area contributed by atoms with Crippen LogP contribution >= 0.6 is 11.6 Å². The van der Waals surface area contributed by atoms with E-state index in [1.165, 1.54) is 12.7 Å². The van der Waals surface area contributed by atoms with Crippen molar-refractivity contribution in [2.24, 2.45) is 0 Å². The summed E-state index contributed by atoms with van der Waals surface area (Å²) in [5.74, 6) is -1.07. The Bertz CT molecular complexity index is 1320. The fourth-order valence-electron chi connectivity index (χ4n) is 4.71. The third-order valence-electron chi connectivity index (χ3n) is 6.78. The van der Waals surface area contributed by atoms with Crippen LogP contribution in [0.25, 0.3) is 16.7 Å². The molecule has 0 aromatic heterocycles. The number of fused-ring (bicyclic) bond motifs is 1. The fourth-order valence-corrected chi connectivity index (χ4v) is 4.99. The van der Waals surface area contributed by atoms with Crippen LogP contribution in [0.15, 0.2) is 77.6 Å². The van der Waals surface area contributed by atoms with E-state index in [-0.39, 0.29) is 36.2 Å². The van der Waals surface area contributed by atoms with Gasteiger partial charge < -0.3 is 15.2 Å². The zero-order chi connectivity index (χ0) is 24.7. The summed E-state index contributed by atoms with van der Waals surface area (Å²) in [6.45, 7) is 0. The molecule has 0 atom stereocenters. The van der Waals surface area contributed by atoms with Gasteiger partial charge in [-0.3, -0.25) is 4.79 Å². The van der Waals surface area contributed by atoms with Crippen LogP contribution < -0.4 is 5.32 Å². The van der Waals surface area contributed by atoms with E-state index >= 15 is 0 Å². The lowest BCUT2D eigenvalue weighted by Gasteiger charge is -2.31. The highest BCUT2D eigenvalue weighted by molar-refractivity contribution is 6.36. The zero-order valence-electron chi connectivity index (χ0n) is 19.1. The molecule has 180 valence electrons. The number of amides is 1. The molecule has 2 aliphatic carbocycles. The summed E-state index contributed by atoms with van der Waals surface area (Å²) >= 11 is 6.55. The summed E-state index contributed by atoms with van der Waals surface area (Å²) in [6, 6.07) is 11.7. The topological polar surface area (TPSA) is 58.6 Å². The first-order valence-corrected chi connectivity index (χ1v) is 11.8. The maximum Gasteiger partial charge on any atom is 0.256 e. The Kier molecular flexibility index (Phi) is 6.34. The molecule has 3 aliphatic rings. The minimum Gasteiger partial charge on any atom is -0.494 e. The molecule has 4 nitrogen and oxygen atoms in total. The average molecular weight is 496 g/mol. The number of ether oxygens (including phenoxy) is 1. The van der Waals surface area contributed by atoms with Crippen LogP contribution in [0.1, 0.15) is 42.7 Å². The largest absolute Gasteiger partial charge is 0.494 e. The number of hydrogen-bond acceptors (Lipinski definition) is 3. The third-order valence-corrected chi connectivity index (χ3v) is 7.09. The fraction of sp³-hybridized carbons (Fsp3) is 0.250. The average Bonchev–Trinajstić information content (AvgIpc) is 3.12. The SMILES string of the molecule is COC1=C(F)CC(=CCC=C2C(=O)Nc3cc(Cl)c(-c4ccc(C5CC(O)C5)cc4)cc32)C(F)=C1. The molecule has 0 unspecified atom stereocenters. The molecular weight excluding hydrogens is 472 g/mol. The Labute approximate surface area is 207 Å². The number of aliphatic hydroxyl groups is 1. The molecule has 1 heterocycles. The van der Waals surface area contributed by atoms with Crippen molar-refractivity contribution in [3.05, 3.63) is 93.8 Å². The van der Waals surface area contributed by atoms with E-state index < -0.39 is 11.7 Å². The zero-order valence-corrected chi connectivity index (χ0v) is 19.8. The molecule has 2 aromatic carbocycles. The summed E-state index contributed by atoms with van der Waals surface area (Å²) in [5.41, 5.74) is 4.92. The smallest absolute Gasteiger partial charge is 0.256 e. The van der Waals surface area contributed by atoms with Crippen LogP contribution in [-0.2, 0) is 9.53 Å². The van der Waals surface area contributed by atoms with E-state index in [9.17, 15) is 18.7 Å². The highest BCUT2D eigenvalue weighted by Crippen LogP contribution is 2.42. The maximum atomic E-state index is 14.3. The van der Waals surface area contributed by atoms with Gasteiger partial charge in [-0.1, -0.05) is 48.0 Å². The lowest BCUT2D eigenvalue weighted by Crippen LogP contribution is -2.26. The monoisotopic (exact) mass is 495 g/mol. The molecule has 0 spiro atoms. The highest BCUT2D eigenvalue weighted by Gasteiger charge is 2.29. The van der Waals surface area contributed by atoms with Crippen LogP contribution in [0.3, 0.4) is 0 Å². The second-order valence-corrected chi connectivity index (χ2v) is 9.41. The minimum absolute atomic E-state index is 0.107. The van der Waals surface area contributed by atoms with Crippen molar-refractivity contribution in [1.29, 1.82) is 0 Å². The molecule has 1 amide bonds. The Morgan fingerprint density at radius 1 is 1.14 bits per heavy atom. The number of allylic oxidation sites excluding steroid dienone is 6. The number of carbonyl (C=O) groups is 1. The van der Waals surface area contributed by atoms with E-state index in [0.717, 1.165) is 30.0 Å². The Morgan fingerprint density at radius 2 is 1.89 bits per heavy atom. The number of aliphatic hydroxyl groups excluding tert-OH is 1. The van der Waals surface area contributed by atoms with E-state index in [0.29, 0.717) is 27.8 Å². The number of rotatable bonds is 5. The number of anilines is 1. The van der Waals surface area contributed by atoms with Gasteiger partial charge >= 0.3 is 0 Å². The number of methoxy groups -OCH3 is 1. The van der Waals surface area contributed by atoms with Crippen molar-refractivity contribution in [2.45, 2.75) is 37.7 Å². The molecule has 0 saturated heterocycles. The van der Waals surface area contributed by atoms with E-state index in [1.54, 1.807) is 18.2 Å². The lowest BCUT2D eigenvalue weighted by atomic mass is 9.77. The summed E-state index contributed by atoms with van der Waals surface area (Å²) < 4.78 is 33.1. The Hall–Kier alpha value is -3.22. The van der Waals surface area contributed by atoms with Crippen LogP contribution in [-0.4, -0.2) is 24.2 Å². The van der Waals surface area contributed by atoms with Gasteiger partial charge in [0.05, 0.1) is 23.9 Å². The standard InChI is InChI=1S/C28H24ClF2NO3/c1-35-27-14-24(30)17(11-25(27)31)3-2-4-20-22-12-21(23(29)13-26(22)32-28(20)34)16-7-5-15(6-8-16)18-9-19(33)10-18/h3-8,12-14,18-19,33H,2,9-11H2,1H3,(H,32,34). The van der Waals surface area contributed by atoms with Gasteiger partial charge in [-0.2, -0.15) is 0 Å². The second-order valence-electron chi connectivity index (χ2n) is 9.00. The van der Waals surface area contributed by atoms with Gasteiger partial charge in [0.25, 0.3) is 5.91 Å². The van der Waals surface area contributed by atoms with Gasteiger partial charge in [-0.15, -0.1) is 0 Å². The van der Waals surface area contributed by atoms with Crippen LogP contribution in [0.4, 0.5) is 14.5 Å². The molecule has 1 saturated carbocycles. The lowest BCUT2D eigenvalue weighted by molar-refractivity contribution is -0.110. The van der Waals surface area contributed by atoms with E-state index in [4.69, 9.17) is 16.3 Å². The molecule has 35 heavy (non-hydrogen) atoms. The number of hydrogen-bond donors (Lipinski definition) is 2.